The van der Waals surface area contributed by atoms with Gasteiger partial charge in [-0.15, -0.1) is 0 Å². The Kier molecular flexibility index (Phi) is 1.09. The third-order valence-electron chi connectivity index (χ3n) is 4.64. The highest BCUT2D eigenvalue weighted by Gasteiger charge is 2.68. The zero-order chi connectivity index (χ0) is 7.59. The van der Waals surface area contributed by atoms with Crippen molar-refractivity contribution in [3.05, 3.63) is 0 Å². The van der Waals surface area contributed by atoms with Crippen LogP contribution in [-0.2, 0) is 0 Å². The monoisotopic (exact) mass is 150 g/mol. The van der Waals surface area contributed by atoms with E-state index >= 15 is 0 Å². The summed E-state index contributed by atoms with van der Waals surface area (Å²) in [6.45, 7) is 4.81. The maximum absolute atomic E-state index is 2.46. The normalized spacial score (nSPS) is 60.0. The highest BCUT2D eigenvalue weighted by Crippen LogP contribution is 2.74. The molecule has 0 saturated heterocycles. The molecule has 3 rings (SSSR count). The summed E-state index contributed by atoms with van der Waals surface area (Å²) in [7, 11) is 0. The van der Waals surface area contributed by atoms with Crippen molar-refractivity contribution >= 4 is 0 Å². The fourth-order valence-corrected chi connectivity index (χ4v) is 3.78. The van der Waals surface area contributed by atoms with Gasteiger partial charge in [-0.2, -0.15) is 0 Å². The molecule has 0 aromatic heterocycles. The summed E-state index contributed by atoms with van der Waals surface area (Å²) < 4.78 is 0. The summed E-state index contributed by atoms with van der Waals surface area (Å²) in [4.78, 5) is 0. The van der Waals surface area contributed by atoms with Gasteiger partial charge >= 0.3 is 0 Å². The van der Waals surface area contributed by atoms with Crippen LogP contribution in [0, 0.1) is 35.5 Å². The molecule has 0 amide bonds. The van der Waals surface area contributed by atoms with E-state index in [1.165, 1.54) is 36.0 Å². The molecule has 6 atom stereocenters. The molecule has 0 heteroatoms. The van der Waals surface area contributed by atoms with Crippen molar-refractivity contribution in [2.45, 2.75) is 33.1 Å². The molecule has 0 heterocycles. The molecule has 3 fully saturated rings. The van der Waals surface area contributed by atoms with Crippen LogP contribution in [0.1, 0.15) is 33.1 Å². The Hall–Kier alpha value is 0. The molecule has 0 radical (unpaired) electrons. The van der Waals surface area contributed by atoms with Crippen LogP contribution >= 0.6 is 0 Å². The van der Waals surface area contributed by atoms with E-state index in [9.17, 15) is 0 Å². The second-order valence-corrected chi connectivity index (χ2v) is 5.10. The molecule has 0 aliphatic heterocycles. The summed E-state index contributed by atoms with van der Waals surface area (Å²) in [6, 6.07) is 0. The third kappa shape index (κ3) is 0.711. The fraction of sp³-hybridized carbons (Fsp3) is 1.00. The Morgan fingerprint density at radius 2 is 2.00 bits per heavy atom. The van der Waals surface area contributed by atoms with Crippen molar-refractivity contribution in [2.24, 2.45) is 35.5 Å². The molecule has 0 N–H and O–H groups in total. The standard InChI is InChI=1S/C11H18/c1-3-6(2)10-9-5-7-4-8(7)11(9)10/h6-11H,3-5H2,1-2H3. The summed E-state index contributed by atoms with van der Waals surface area (Å²) in [6.07, 6.45) is 4.63. The fourth-order valence-electron chi connectivity index (χ4n) is 3.78. The molecule has 3 aliphatic carbocycles. The SMILES string of the molecule is CCC(C)C1C2CC3CC3C21. The lowest BCUT2D eigenvalue weighted by Crippen LogP contribution is -2.01. The van der Waals surface area contributed by atoms with E-state index in [-0.39, 0.29) is 0 Å². The minimum absolute atomic E-state index is 1.03. The van der Waals surface area contributed by atoms with Gasteiger partial charge in [0.15, 0.2) is 0 Å². The van der Waals surface area contributed by atoms with Crippen LogP contribution in [0.15, 0.2) is 0 Å². The molecule has 0 aromatic carbocycles. The predicted molar refractivity (Wildman–Crippen MR) is 46.1 cm³/mol. The minimum Gasteiger partial charge on any atom is -0.0651 e. The number of hydrogen-bond donors (Lipinski definition) is 0. The summed E-state index contributed by atoms with van der Waals surface area (Å²) >= 11 is 0. The number of hydrogen-bond acceptors (Lipinski definition) is 0. The average molecular weight is 150 g/mol. The first-order chi connectivity index (χ1) is 5.33. The Labute approximate surface area is 69.4 Å². The van der Waals surface area contributed by atoms with E-state index < -0.39 is 0 Å². The molecule has 0 aromatic rings. The highest BCUT2D eigenvalue weighted by atomic mass is 14.7. The third-order valence-corrected chi connectivity index (χ3v) is 4.64. The van der Waals surface area contributed by atoms with Gasteiger partial charge < -0.3 is 0 Å². The van der Waals surface area contributed by atoms with Crippen LogP contribution in [-0.4, -0.2) is 0 Å². The van der Waals surface area contributed by atoms with Gasteiger partial charge in [0, 0.05) is 0 Å². The summed E-state index contributed by atoms with van der Waals surface area (Å²) in [5, 5.41) is 0. The molecule has 3 aliphatic rings. The Morgan fingerprint density at radius 1 is 1.27 bits per heavy atom. The van der Waals surface area contributed by atoms with Crippen LogP contribution in [0.2, 0.25) is 0 Å². The van der Waals surface area contributed by atoms with Gasteiger partial charge in [-0.25, -0.2) is 0 Å². The molecular weight excluding hydrogens is 132 g/mol. The van der Waals surface area contributed by atoms with Crippen LogP contribution in [0.5, 0.6) is 0 Å². The smallest absolute Gasteiger partial charge is 0.0318 e. The van der Waals surface area contributed by atoms with Gasteiger partial charge in [-0.05, 0) is 48.3 Å². The van der Waals surface area contributed by atoms with Crippen molar-refractivity contribution < 1.29 is 0 Å². The molecule has 62 valence electrons. The van der Waals surface area contributed by atoms with E-state index in [2.05, 4.69) is 13.8 Å². The first-order valence-corrected chi connectivity index (χ1v) is 5.33. The van der Waals surface area contributed by atoms with Crippen molar-refractivity contribution in [3.8, 4) is 0 Å². The van der Waals surface area contributed by atoms with Crippen molar-refractivity contribution in [2.75, 3.05) is 0 Å². The van der Waals surface area contributed by atoms with Crippen LogP contribution in [0.4, 0.5) is 0 Å². The zero-order valence-corrected chi connectivity index (χ0v) is 7.59. The molecule has 11 heavy (non-hydrogen) atoms. The lowest BCUT2D eigenvalue weighted by atomic mass is 9.97. The second kappa shape index (κ2) is 1.84. The van der Waals surface area contributed by atoms with E-state index in [0.717, 1.165) is 5.92 Å². The Balaban J connectivity index is 1.69. The minimum atomic E-state index is 1.03. The van der Waals surface area contributed by atoms with Crippen molar-refractivity contribution in [1.29, 1.82) is 0 Å². The lowest BCUT2D eigenvalue weighted by molar-refractivity contribution is 0.407. The maximum atomic E-state index is 2.46. The predicted octanol–water partition coefficient (Wildman–Crippen LogP) is 2.93. The Morgan fingerprint density at radius 3 is 2.55 bits per heavy atom. The van der Waals surface area contributed by atoms with Crippen molar-refractivity contribution in [3.63, 3.8) is 0 Å². The average Bonchev–Trinajstić information content (AvgIpc) is 2.88. The topological polar surface area (TPSA) is 0 Å². The van der Waals surface area contributed by atoms with Gasteiger partial charge in [-0.1, -0.05) is 20.3 Å². The van der Waals surface area contributed by atoms with Gasteiger partial charge in [0.2, 0.25) is 0 Å². The zero-order valence-electron chi connectivity index (χ0n) is 7.59. The first kappa shape index (κ1) is 6.51. The molecule has 3 saturated carbocycles. The van der Waals surface area contributed by atoms with E-state index in [1.54, 1.807) is 12.8 Å². The summed E-state index contributed by atoms with van der Waals surface area (Å²) in [5.74, 6) is 7.06. The molecule has 0 bridgehead atoms. The van der Waals surface area contributed by atoms with Crippen LogP contribution in [0.25, 0.3) is 0 Å². The lowest BCUT2D eigenvalue weighted by Gasteiger charge is -2.09. The van der Waals surface area contributed by atoms with Gasteiger partial charge in [0.1, 0.15) is 0 Å². The summed E-state index contributed by atoms with van der Waals surface area (Å²) in [5.41, 5.74) is 0. The van der Waals surface area contributed by atoms with Crippen molar-refractivity contribution in [1.82, 2.24) is 0 Å². The van der Waals surface area contributed by atoms with E-state index in [1.807, 2.05) is 0 Å². The van der Waals surface area contributed by atoms with E-state index in [4.69, 9.17) is 0 Å². The van der Waals surface area contributed by atoms with Gasteiger partial charge in [-0.3, -0.25) is 0 Å². The first-order valence-electron chi connectivity index (χ1n) is 5.33. The molecule has 0 spiro atoms. The molecule has 0 nitrogen and oxygen atoms in total. The number of fused-ring (bicyclic) bond motifs is 3. The van der Waals surface area contributed by atoms with Crippen LogP contribution in [0.3, 0.4) is 0 Å². The molecular formula is C11H18. The second-order valence-electron chi connectivity index (χ2n) is 5.10. The van der Waals surface area contributed by atoms with E-state index in [0.29, 0.717) is 0 Å². The number of rotatable bonds is 2. The van der Waals surface area contributed by atoms with Crippen LogP contribution < -0.4 is 0 Å². The largest absolute Gasteiger partial charge is 0.0651 e. The highest BCUT2D eigenvalue weighted by molar-refractivity contribution is 5.16. The van der Waals surface area contributed by atoms with Gasteiger partial charge in [0.25, 0.3) is 0 Å². The Bertz CT molecular complexity index is 184. The molecule has 6 unspecified atom stereocenters. The van der Waals surface area contributed by atoms with Gasteiger partial charge in [0.05, 0.1) is 0 Å². The quantitative estimate of drug-likeness (QED) is 0.567. The maximum Gasteiger partial charge on any atom is -0.0318 e.